The Morgan fingerprint density at radius 2 is 1.81 bits per heavy atom. The van der Waals surface area contributed by atoms with Crippen LogP contribution in [0.3, 0.4) is 0 Å². The fraction of sp³-hybridized carbons (Fsp3) is 0.583. The molecule has 9 heteroatoms. The Bertz CT molecular complexity index is 483. The molecule has 0 radical (unpaired) electrons. The zero-order valence-electron chi connectivity index (χ0n) is 11.4. The van der Waals surface area contributed by atoms with Gasteiger partial charge in [-0.2, -0.15) is 8.78 Å². The van der Waals surface area contributed by atoms with Crippen LogP contribution in [0.15, 0.2) is 11.3 Å². The summed E-state index contributed by atoms with van der Waals surface area (Å²) >= 11 is 4.68. The molecule has 1 aliphatic rings. The summed E-state index contributed by atoms with van der Waals surface area (Å²) in [6, 6.07) is -0.0962. The van der Waals surface area contributed by atoms with Gasteiger partial charge in [0, 0.05) is 11.7 Å². The fourth-order valence-electron chi connectivity index (χ4n) is 1.50. The fourth-order valence-corrected chi connectivity index (χ4v) is 1.59. The Morgan fingerprint density at radius 3 is 2.19 bits per heavy atom. The molecule has 0 aromatic rings. The standard InChI is InChI=1S/C12H14ClF2NO5/c1-20-8(17)5-7(16-6-3-4-6)9(11(19)21-2)10(18)12(13,14)15/h6,16H,3-5H2,1-2H3. The van der Waals surface area contributed by atoms with Gasteiger partial charge < -0.3 is 14.8 Å². The summed E-state index contributed by atoms with van der Waals surface area (Å²) in [6.45, 7) is 0. The zero-order chi connectivity index (χ0) is 16.2. The van der Waals surface area contributed by atoms with E-state index < -0.39 is 35.1 Å². The second-order valence-electron chi connectivity index (χ2n) is 4.34. The van der Waals surface area contributed by atoms with Crippen LogP contribution < -0.4 is 5.32 Å². The quantitative estimate of drug-likeness (QED) is 0.248. The van der Waals surface area contributed by atoms with Gasteiger partial charge in [0.05, 0.1) is 20.6 Å². The molecule has 0 bridgehead atoms. The summed E-state index contributed by atoms with van der Waals surface area (Å²) in [5.74, 6) is -4.03. The minimum atomic E-state index is -4.28. The summed E-state index contributed by atoms with van der Waals surface area (Å²) in [5.41, 5.74) is -1.25. The van der Waals surface area contributed by atoms with Gasteiger partial charge >= 0.3 is 17.3 Å². The first-order valence-electron chi connectivity index (χ1n) is 5.97. The summed E-state index contributed by atoms with van der Waals surface area (Å²) in [7, 11) is 2.02. The van der Waals surface area contributed by atoms with E-state index in [1.807, 2.05) is 0 Å². The van der Waals surface area contributed by atoms with Crippen LogP contribution in [0.2, 0.25) is 0 Å². The van der Waals surface area contributed by atoms with Crippen LogP contribution in [0.1, 0.15) is 19.3 Å². The number of esters is 2. The average Bonchev–Trinajstić information content (AvgIpc) is 3.21. The number of alkyl halides is 3. The van der Waals surface area contributed by atoms with Crippen molar-refractivity contribution in [3.05, 3.63) is 11.3 Å². The van der Waals surface area contributed by atoms with Gasteiger partial charge in [-0.25, -0.2) is 4.79 Å². The molecule has 21 heavy (non-hydrogen) atoms. The molecule has 0 heterocycles. The van der Waals surface area contributed by atoms with Crippen LogP contribution in [0, 0.1) is 0 Å². The molecule has 0 spiro atoms. The normalized spacial score (nSPS) is 15.9. The van der Waals surface area contributed by atoms with Crippen molar-refractivity contribution in [1.29, 1.82) is 0 Å². The number of rotatable bonds is 7. The van der Waals surface area contributed by atoms with Crippen LogP contribution >= 0.6 is 11.6 Å². The maximum absolute atomic E-state index is 13.0. The molecular weight excluding hydrogens is 312 g/mol. The van der Waals surface area contributed by atoms with E-state index in [1.54, 1.807) is 0 Å². The number of nitrogens with one attached hydrogen (secondary N) is 1. The summed E-state index contributed by atoms with van der Waals surface area (Å²) < 4.78 is 34.8. The van der Waals surface area contributed by atoms with E-state index in [4.69, 9.17) is 0 Å². The molecule has 1 N–H and O–H groups in total. The van der Waals surface area contributed by atoms with Gasteiger partial charge in [-0.1, -0.05) is 0 Å². The van der Waals surface area contributed by atoms with Gasteiger partial charge in [-0.15, -0.1) is 0 Å². The molecule has 6 nitrogen and oxygen atoms in total. The highest BCUT2D eigenvalue weighted by atomic mass is 35.5. The number of halogens is 3. The van der Waals surface area contributed by atoms with E-state index >= 15 is 0 Å². The van der Waals surface area contributed by atoms with Gasteiger partial charge in [0.2, 0.25) is 0 Å². The Balaban J connectivity index is 3.24. The highest BCUT2D eigenvalue weighted by Gasteiger charge is 2.43. The van der Waals surface area contributed by atoms with Crippen molar-refractivity contribution < 1.29 is 32.6 Å². The third kappa shape index (κ3) is 4.96. The maximum Gasteiger partial charge on any atom is 0.385 e. The van der Waals surface area contributed by atoms with Crippen LogP contribution in [-0.2, 0) is 23.9 Å². The largest absolute Gasteiger partial charge is 0.469 e. The summed E-state index contributed by atoms with van der Waals surface area (Å²) in [6.07, 6.45) is 0.908. The van der Waals surface area contributed by atoms with Crippen molar-refractivity contribution in [2.75, 3.05) is 14.2 Å². The van der Waals surface area contributed by atoms with Gasteiger partial charge in [0.15, 0.2) is 0 Å². The Hall–Kier alpha value is -1.70. The van der Waals surface area contributed by atoms with E-state index in [0.29, 0.717) is 0 Å². The Labute approximate surface area is 124 Å². The van der Waals surface area contributed by atoms with Crippen molar-refractivity contribution in [3.63, 3.8) is 0 Å². The SMILES string of the molecule is COC(=O)CC(NC1CC1)=C(C(=O)OC)C(=O)C(F)(F)Cl. The minimum Gasteiger partial charge on any atom is -0.469 e. The monoisotopic (exact) mass is 325 g/mol. The molecule has 0 aliphatic heterocycles. The summed E-state index contributed by atoms with van der Waals surface area (Å²) in [5, 5.41) is -1.59. The number of Topliss-reactive ketones (excluding diaryl/α,β-unsaturated/α-hetero) is 1. The summed E-state index contributed by atoms with van der Waals surface area (Å²) in [4.78, 5) is 34.6. The van der Waals surface area contributed by atoms with E-state index in [-0.39, 0.29) is 11.7 Å². The molecule has 0 amide bonds. The van der Waals surface area contributed by atoms with E-state index in [0.717, 1.165) is 27.1 Å². The van der Waals surface area contributed by atoms with Gasteiger partial charge in [-0.3, -0.25) is 9.59 Å². The number of hydrogen-bond acceptors (Lipinski definition) is 6. The van der Waals surface area contributed by atoms with E-state index in [9.17, 15) is 23.2 Å². The van der Waals surface area contributed by atoms with Crippen molar-refractivity contribution >= 4 is 29.3 Å². The van der Waals surface area contributed by atoms with Crippen molar-refractivity contribution in [2.45, 2.75) is 30.7 Å². The minimum absolute atomic E-state index is 0.0962. The predicted octanol–water partition coefficient (Wildman–Crippen LogP) is 1.13. The molecular formula is C12H14ClF2NO5. The molecule has 118 valence electrons. The van der Waals surface area contributed by atoms with Gasteiger partial charge in [0.25, 0.3) is 5.78 Å². The number of carbonyl (C=O) groups is 3. The third-order valence-corrected chi connectivity index (χ3v) is 2.85. The lowest BCUT2D eigenvalue weighted by Gasteiger charge is -2.16. The molecule has 0 unspecified atom stereocenters. The number of hydrogen-bond donors (Lipinski definition) is 1. The second kappa shape index (κ2) is 6.84. The average molecular weight is 326 g/mol. The Morgan fingerprint density at radius 1 is 1.24 bits per heavy atom. The first-order valence-corrected chi connectivity index (χ1v) is 6.34. The molecule has 1 rings (SSSR count). The molecule has 1 aliphatic carbocycles. The molecule has 1 saturated carbocycles. The highest BCUT2D eigenvalue weighted by Crippen LogP contribution is 2.28. The van der Waals surface area contributed by atoms with Gasteiger partial charge in [-0.05, 0) is 24.4 Å². The lowest BCUT2D eigenvalue weighted by atomic mass is 10.1. The van der Waals surface area contributed by atoms with Gasteiger partial charge in [0.1, 0.15) is 5.57 Å². The number of ether oxygens (including phenoxy) is 2. The Kier molecular flexibility index (Phi) is 5.65. The van der Waals surface area contributed by atoms with Crippen LogP contribution in [0.5, 0.6) is 0 Å². The molecule has 0 aromatic carbocycles. The smallest absolute Gasteiger partial charge is 0.385 e. The molecule has 0 saturated heterocycles. The van der Waals surface area contributed by atoms with Crippen LogP contribution in [0.4, 0.5) is 8.78 Å². The lowest BCUT2D eigenvalue weighted by Crippen LogP contribution is -2.33. The second-order valence-corrected chi connectivity index (χ2v) is 4.82. The zero-order valence-corrected chi connectivity index (χ0v) is 12.1. The van der Waals surface area contributed by atoms with Crippen LogP contribution in [-0.4, -0.2) is 43.4 Å². The highest BCUT2D eigenvalue weighted by molar-refractivity contribution is 6.39. The van der Waals surface area contributed by atoms with Crippen molar-refractivity contribution in [3.8, 4) is 0 Å². The predicted molar refractivity (Wildman–Crippen MR) is 67.6 cm³/mol. The molecule has 0 atom stereocenters. The van der Waals surface area contributed by atoms with E-state index in [2.05, 4.69) is 26.4 Å². The lowest BCUT2D eigenvalue weighted by molar-refractivity contribution is -0.141. The van der Waals surface area contributed by atoms with E-state index in [1.165, 1.54) is 0 Å². The first kappa shape index (κ1) is 17.4. The number of methoxy groups -OCH3 is 2. The first-order chi connectivity index (χ1) is 9.70. The third-order valence-electron chi connectivity index (χ3n) is 2.68. The number of carbonyl (C=O) groups excluding carboxylic acids is 3. The topological polar surface area (TPSA) is 81.7 Å². The molecule has 0 aromatic heterocycles. The molecule has 1 fully saturated rings. The van der Waals surface area contributed by atoms with Crippen LogP contribution in [0.25, 0.3) is 0 Å². The van der Waals surface area contributed by atoms with Crippen molar-refractivity contribution in [1.82, 2.24) is 5.32 Å². The number of ketones is 1. The van der Waals surface area contributed by atoms with Crippen molar-refractivity contribution in [2.24, 2.45) is 0 Å². The maximum atomic E-state index is 13.0.